The molecule has 10 heteroatoms. The highest BCUT2D eigenvalue weighted by atomic mass is 79.9. The number of methoxy groups -OCH3 is 3. The molecule has 1 N–H and O–H groups in total. The SMILES string of the molecule is COC1CC(COCC(=O)NC2CCCC(C(F)(F)F)C2)C(Br)C(OC)C1OC. The summed E-state index contributed by atoms with van der Waals surface area (Å²) in [5.41, 5.74) is 0. The summed E-state index contributed by atoms with van der Waals surface area (Å²) in [6.07, 6.45) is -3.07. The molecular weight excluding hydrogens is 459 g/mol. The number of alkyl halides is 4. The van der Waals surface area contributed by atoms with Gasteiger partial charge in [0.1, 0.15) is 12.7 Å². The van der Waals surface area contributed by atoms with E-state index in [2.05, 4.69) is 21.2 Å². The number of carbonyl (C=O) groups is 1. The minimum Gasteiger partial charge on any atom is -0.379 e. The van der Waals surface area contributed by atoms with Crippen LogP contribution >= 0.6 is 15.9 Å². The van der Waals surface area contributed by atoms with Gasteiger partial charge in [0, 0.05) is 32.2 Å². The first-order chi connectivity index (χ1) is 13.7. The van der Waals surface area contributed by atoms with Crippen molar-refractivity contribution in [1.29, 1.82) is 0 Å². The fraction of sp³-hybridized carbons (Fsp3) is 0.947. The topological polar surface area (TPSA) is 66.0 Å². The molecule has 7 unspecified atom stereocenters. The first-order valence-electron chi connectivity index (χ1n) is 9.87. The molecule has 0 bridgehead atoms. The van der Waals surface area contributed by atoms with Crippen molar-refractivity contribution >= 4 is 21.8 Å². The first kappa shape index (κ1) is 24.8. The Hall–Kier alpha value is -0.420. The van der Waals surface area contributed by atoms with Gasteiger partial charge in [0.25, 0.3) is 0 Å². The number of rotatable bonds is 8. The maximum Gasteiger partial charge on any atom is 0.391 e. The molecule has 0 aromatic rings. The molecule has 0 heterocycles. The molecular formula is C19H31BrF3NO5. The molecule has 2 fully saturated rings. The fourth-order valence-electron chi connectivity index (χ4n) is 4.35. The van der Waals surface area contributed by atoms with Gasteiger partial charge < -0.3 is 24.3 Å². The molecule has 0 aliphatic heterocycles. The Morgan fingerprint density at radius 1 is 1.07 bits per heavy atom. The largest absolute Gasteiger partial charge is 0.391 e. The van der Waals surface area contributed by atoms with Gasteiger partial charge in [-0.1, -0.05) is 22.4 Å². The van der Waals surface area contributed by atoms with E-state index in [9.17, 15) is 18.0 Å². The minimum atomic E-state index is -4.21. The lowest BCUT2D eigenvalue weighted by atomic mass is 9.83. The first-order valence-corrected chi connectivity index (χ1v) is 10.8. The second kappa shape index (κ2) is 11.3. The Kier molecular flexibility index (Phi) is 9.66. The monoisotopic (exact) mass is 489 g/mol. The van der Waals surface area contributed by atoms with Crippen LogP contribution in [0.5, 0.6) is 0 Å². The van der Waals surface area contributed by atoms with E-state index >= 15 is 0 Å². The van der Waals surface area contributed by atoms with E-state index in [0.717, 1.165) is 0 Å². The Morgan fingerprint density at radius 3 is 2.34 bits per heavy atom. The Morgan fingerprint density at radius 2 is 1.76 bits per heavy atom. The second-order valence-electron chi connectivity index (χ2n) is 7.80. The number of amides is 1. The van der Waals surface area contributed by atoms with Gasteiger partial charge in [-0.25, -0.2) is 0 Å². The molecule has 0 spiro atoms. The van der Waals surface area contributed by atoms with Gasteiger partial charge in [0.05, 0.1) is 24.7 Å². The highest BCUT2D eigenvalue weighted by molar-refractivity contribution is 9.09. The Bertz CT molecular complexity index is 525. The number of hydrogen-bond acceptors (Lipinski definition) is 5. The maximum atomic E-state index is 12.9. The third-order valence-corrected chi connectivity index (χ3v) is 7.17. The summed E-state index contributed by atoms with van der Waals surface area (Å²) < 4.78 is 60.9. The van der Waals surface area contributed by atoms with Crippen LogP contribution in [0.2, 0.25) is 0 Å². The maximum absolute atomic E-state index is 12.9. The summed E-state index contributed by atoms with van der Waals surface area (Å²) in [5.74, 6) is -1.70. The van der Waals surface area contributed by atoms with E-state index in [4.69, 9.17) is 18.9 Å². The van der Waals surface area contributed by atoms with Gasteiger partial charge in [-0.3, -0.25) is 4.79 Å². The van der Waals surface area contributed by atoms with E-state index in [1.165, 1.54) is 0 Å². The second-order valence-corrected chi connectivity index (χ2v) is 8.86. The van der Waals surface area contributed by atoms with E-state index in [0.29, 0.717) is 25.9 Å². The van der Waals surface area contributed by atoms with Gasteiger partial charge in [-0.05, 0) is 31.6 Å². The zero-order valence-electron chi connectivity index (χ0n) is 17.0. The predicted octanol–water partition coefficient (Wildman–Crippen LogP) is 3.07. The quantitative estimate of drug-likeness (QED) is 0.530. The average Bonchev–Trinajstić information content (AvgIpc) is 2.68. The average molecular weight is 490 g/mol. The van der Waals surface area contributed by atoms with Crippen LogP contribution in [-0.4, -0.2) is 75.8 Å². The molecule has 0 aromatic heterocycles. The third kappa shape index (κ3) is 6.78. The van der Waals surface area contributed by atoms with Crippen molar-refractivity contribution in [3.8, 4) is 0 Å². The molecule has 170 valence electrons. The summed E-state index contributed by atoms with van der Waals surface area (Å²) in [4.78, 5) is 12.1. The van der Waals surface area contributed by atoms with Gasteiger partial charge in [-0.15, -0.1) is 0 Å². The number of carbonyl (C=O) groups excluding carboxylic acids is 1. The van der Waals surface area contributed by atoms with Crippen LogP contribution in [0.3, 0.4) is 0 Å². The molecule has 29 heavy (non-hydrogen) atoms. The molecule has 1 amide bonds. The van der Waals surface area contributed by atoms with E-state index in [1.54, 1.807) is 21.3 Å². The number of ether oxygens (including phenoxy) is 4. The van der Waals surface area contributed by atoms with Crippen LogP contribution in [0.1, 0.15) is 32.1 Å². The highest BCUT2D eigenvalue weighted by Crippen LogP contribution is 2.38. The van der Waals surface area contributed by atoms with Crippen molar-refractivity contribution in [3.05, 3.63) is 0 Å². The number of nitrogens with one attached hydrogen (secondary N) is 1. The summed E-state index contributed by atoms with van der Waals surface area (Å²) in [6, 6.07) is -0.455. The highest BCUT2D eigenvalue weighted by Gasteiger charge is 2.45. The zero-order valence-corrected chi connectivity index (χ0v) is 18.6. The third-order valence-electron chi connectivity index (χ3n) is 5.90. The lowest BCUT2D eigenvalue weighted by molar-refractivity contribution is -0.184. The molecule has 2 aliphatic carbocycles. The molecule has 0 aromatic carbocycles. The molecule has 7 atom stereocenters. The lowest BCUT2D eigenvalue weighted by Gasteiger charge is -2.42. The van der Waals surface area contributed by atoms with E-state index in [1.807, 2.05) is 0 Å². The standard InChI is InChI=1S/C19H31BrF3NO5/c1-26-14-7-11(16(20)18(28-3)17(14)27-2)9-29-10-15(25)24-13-6-4-5-12(8-13)19(21,22)23/h11-14,16-18H,4-10H2,1-3H3,(H,24,25). The molecule has 2 saturated carbocycles. The van der Waals surface area contributed by atoms with Crippen LogP contribution in [0, 0.1) is 11.8 Å². The van der Waals surface area contributed by atoms with Crippen LogP contribution in [0.25, 0.3) is 0 Å². The van der Waals surface area contributed by atoms with Gasteiger partial charge in [0.15, 0.2) is 0 Å². The van der Waals surface area contributed by atoms with Gasteiger partial charge in [0.2, 0.25) is 5.91 Å². The van der Waals surface area contributed by atoms with E-state index < -0.39 is 18.1 Å². The molecule has 2 aliphatic rings. The molecule has 2 rings (SSSR count). The van der Waals surface area contributed by atoms with Crippen molar-refractivity contribution < 1.29 is 36.9 Å². The van der Waals surface area contributed by atoms with Crippen molar-refractivity contribution in [2.45, 2.75) is 67.5 Å². The minimum absolute atomic E-state index is 0.0355. The summed E-state index contributed by atoms with van der Waals surface area (Å²) in [7, 11) is 4.83. The van der Waals surface area contributed by atoms with Crippen LogP contribution in [-0.2, 0) is 23.7 Å². The lowest BCUT2D eigenvalue weighted by Crippen LogP contribution is -2.54. The normalized spacial score (nSPS) is 36.0. The van der Waals surface area contributed by atoms with Gasteiger partial charge >= 0.3 is 6.18 Å². The molecule has 6 nitrogen and oxygen atoms in total. The van der Waals surface area contributed by atoms with E-state index in [-0.39, 0.29) is 54.4 Å². The van der Waals surface area contributed by atoms with Crippen LogP contribution < -0.4 is 5.32 Å². The predicted molar refractivity (Wildman–Crippen MR) is 104 cm³/mol. The Balaban J connectivity index is 1.79. The smallest absolute Gasteiger partial charge is 0.379 e. The van der Waals surface area contributed by atoms with Crippen LogP contribution in [0.15, 0.2) is 0 Å². The zero-order chi connectivity index (χ0) is 21.6. The molecule has 0 saturated heterocycles. The Labute approximate surface area is 178 Å². The summed E-state index contributed by atoms with van der Waals surface area (Å²) in [5, 5.41) is 2.68. The summed E-state index contributed by atoms with van der Waals surface area (Å²) >= 11 is 3.64. The molecule has 0 radical (unpaired) electrons. The van der Waals surface area contributed by atoms with Crippen molar-refractivity contribution in [2.75, 3.05) is 34.5 Å². The number of hydrogen-bond donors (Lipinski definition) is 1. The van der Waals surface area contributed by atoms with Crippen LogP contribution in [0.4, 0.5) is 13.2 Å². The van der Waals surface area contributed by atoms with Crippen molar-refractivity contribution in [2.24, 2.45) is 11.8 Å². The summed E-state index contributed by atoms with van der Waals surface area (Å²) in [6.45, 7) is 0.113. The van der Waals surface area contributed by atoms with Gasteiger partial charge in [-0.2, -0.15) is 13.2 Å². The fourth-order valence-corrected chi connectivity index (χ4v) is 5.24. The van der Waals surface area contributed by atoms with Crippen molar-refractivity contribution in [1.82, 2.24) is 5.32 Å². The number of halogens is 4. The van der Waals surface area contributed by atoms with Crippen molar-refractivity contribution in [3.63, 3.8) is 0 Å².